The molecule has 1 saturated carbocycles. The normalized spacial score (nSPS) is 16.4. The van der Waals surface area contributed by atoms with Crippen LogP contribution in [0.25, 0.3) is 0 Å². The van der Waals surface area contributed by atoms with Crippen molar-refractivity contribution in [2.75, 3.05) is 4.72 Å². The molecule has 1 aliphatic carbocycles. The molecule has 1 aromatic carbocycles. The van der Waals surface area contributed by atoms with Gasteiger partial charge in [0.2, 0.25) is 0 Å². The highest BCUT2D eigenvalue weighted by molar-refractivity contribution is 7.93. The third-order valence-corrected chi connectivity index (χ3v) is 5.56. The first kappa shape index (κ1) is 14.0. The highest BCUT2D eigenvalue weighted by atomic mass is 32.2. The number of carboxylic acids is 1. The third kappa shape index (κ3) is 2.49. The van der Waals surface area contributed by atoms with Gasteiger partial charge in [-0.15, -0.1) is 5.10 Å². The molecule has 110 valence electrons. The molecule has 3 rings (SSSR count). The summed E-state index contributed by atoms with van der Waals surface area (Å²) in [5, 5.41) is 13.1. The van der Waals surface area contributed by atoms with Crippen LogP contribution in [-0.2, 0) is 20.2 Å². The molecule has 1 fully saturated rings. The number of carboxylic acid groups (broad SMARTS) is 1. The summed E-state index contributed by atoms with van der Waals surface area (Å²) in [6.45, 7) is 0. The predicted molar refractivity (Wildman–Crippen MR) is 75.7 cm³/mol. The van der Waals surface area contributed by atoms with E-state index in [9.17, 15) is 18.3 Å². The van der Waals surface area contributed by atoms with E-state index in [1.807, 2.05) is 0 Å². The quantitative estimate of drug-likeness (QED) is 0.861. The molecule has 0 amide bonds. The minimum Gasteiger partial charge on any atom is -0.481 e. The maximum absolute atomic E-state index is 12.1. The minimum absolute atomic E-state index is 0.0702. The summed E-state index contributed by atoms with van der Waals surface area (Å²) >= 11 is 0.937. The van der Waals surface area contributed by atoms with Gasteiger partial charge in [0.25, 0.3) is 10.0 Å². The van der Waals surface area contributed by atoms with E-state index in [0.717, 1.165) is 11.5 Å². The summed E-state index contributed by atoms with van der Waals surface area (Å²) in [6.07, 6.45) is 2.48. The molecule has 2 aromatic rings. The van der Waals surface area contributed by atoms with Gasteiger partial charge < -0.3 is 5.11 Å². The van der Waals surface area contributed by atoms with Crippen LogP contribution in [0.4, 0.5) is 5.00 Å². The number of aromatic nitrogens is 2. The van der Waals surface area contributed by atoms with E-state index in [-0.39, 0.29) is 4.90 Å². The summed E-state index contributed by atoms with van der Waals surface area (Å²) in [7, 11) is -3.71. The van der Waals surface area contributed by atoms with Gasteiger partial charge in [-0.2, -0.15) is 0 Å². The SMILES string of the molecule is O=C(O)C1(c2ccc(S(=O)(=O)Nc3cnns3)cc2)CC1. The first-order valence-corrected chi connectivity index (χ1v) is 8.34. The van der Waals surface area contributed by atoms with Crippen LogP contribution < -0.4 is 4.72 Å². The molecule has 1 aliphatic rings. The maximum atomic E-state index is 12.1. The number of rotatable bonds is 5. The van der Waals surface area contributed by atoms with Crippen molar-refractivity contribution in [3.05, 3.63) is 36.0 Å². The molecule has 1 heterocycles. The summed E-state index contributed by atoms with van der Waals surface area (Å²) in [5.41, 5.74) is -0.203. The van der Waals surface area contributed by atoms with Crippen molar-refractivity contribution in [2.45, 2.75) is 23.2 Å². The lowest BCUT2D eigenvalue weighted by Gasteiger charge is -2.11. The van der Waals surface area contributed by atoms with E-state index >= 15 is 0 Å². The first-order valence-electron chi connectivity index (χ1n) is 6.08. The molecule has 0 saturated heterocycles. The Kier molecular flexibility index (Phi) is 3.18. The van der Waals surface area contributed by atoms with E-state index in [1.165, 1.54) is 18.3 Å². The maximum Gasteiger partial charge on any atom is 0.314 e. The fourth-order valence-electron chi connectivity index (χ4n) is 2.11. The molecule has 0 bridgehead atoms. The number of nitrogens with one attached hydrogen (secondary N) is 1. The van der Waals surface area contributed by atoms with E-state index in [0.29, 0.717) is 23.4 Å². The van der Waals surface area contributed by atoms with Crippen LogP contribution in [0.5, 0.6) is 0 Å². The van der Waals surface area contributed by atoms with Gasteiger partial charge in [0, 0.05) is 11.5 Å². The lowest BCUT2D eigenvalue weighted by molar-refractivity contribution is -0.140. The van der Waals surface area contributed by atoms with Crippen LogP contribution >= 0.6 is 11.5 Å². The molecular formula is C12H11N3O4S2. The molecule has 0 atom stereocenters. The Morgan fingerprint density at radius 3 is 2.43 bits per heavy atom. The monoisotopic (exact) mass is 325 g/mol. The molecule has 0 aliphatic heterocycles. The molecule has 9 heteroatoms. The van der Waals surface area contributed by atoms with Gasteiger partial charge in [-0.1, -0.05) is 16.6 Å². The Balaban J connectivity index is 1.86. The number of nitrogens with zero attached hydrogens (tertiary/aromatic N) is 2. The fraction of sp³-hybridized carbons (Fsp3) is 0.250. The van der Waals surface area contributed by atoms with Crippen LogP contribution in [0.3, 0.4) is 0 Å². The average Bonchev–Trinajstić information content (AvgIpc) is 3.12. The van der Waals surface area contributed by atoms with Crippen LogP contribution in [0.2, 0.25) is 0 Å². The van der Waals surface area contributed by atoms with Crippen LogP contribution in [0, 0.1) is 0 Å². The molecular weight excluding hydrogens is 314 g/mol. The third-order valence-electron chi connectivity index (χ3n) is 3.47. The number of hydrogen-bond donors (Lipinski definition) is 2. The summed E-state index contributed by atoms with van der Waals surface area (Å²) in [6, 6.07) is 5.94. The van der Waals surface area contributed by atoms with Gasteiger partial charge in [-0.3, -0.25) is 9.52 Å². The number of anilines is 1. The number of carbonyl (C=O) groups is 1. The Labute approximate surface area is 124 Å². The van der Waals surface area contributed by atoms with Crippen LogP contribution in [0.1, 0.15) is 18.4 Å². The molecule has 7 nitrogen and oxygen atoms in total. The molecule has 0 radical (unpaired) electrons. The minimum atomic E-state index is -3.71. The molecule has 21 heavy (non-hydrogen) atoms. The largest absolute Gasteiger partial charge is 0.481 e. The van der Waals surface area contributed by atoms with Gasteiger partial charge in [0.05, 0.1) is 16.5 Å². The zero-order valence-electron chi connectivity index (χ0n) is 10.7. The fourth-order valence-corrected chi connectivity index (χ4v) is 3.79. The number of benzene rings is 1. The smallest absolute Gasteiger partial charge is 0.314 e. The zero-order chi connectivity index (χ0) is 15.1. The Morgan fingerprint density at radius 1 is 1.29 bits per heavy atom. The Hall–Kier alpha value is -2.00. The van der Waals surface area contributed by atoms with Crippen LogP contribution in [0.15, 0.2) is 35.4 Å². The van der Waals surface area contributed by atoms with E-state index in [4.69, 9.17) is 0 Å². The zero-order valence-corrected chi connectivity index (χ0v) is 12.3. The van der Waals surface area contributed by atoms with Crippen molar-refractivity contribution in [3.63, 3.8) is 0 Å². The van der Waals surface area contributed by atoms with Gasteiger partial charge in [-0.25, -0.2) is 8.42 Å². The Morgan fingerprint density at radius 2 is 1.95 bits per heavy atom. The molecule has 0 spiro atoms. The van der Waals surface area contributed by atoms with Crippen molar-refractivity contribution in [1.82, 2.24) is 9.59 Å². The molecule has 2 N–H and O–H groups in total. The van der Waals surface area contributed by atoms with Crippen LogP contribution in [-0.4, -0.2) is 29.1 Å². The van der Waals surface area contributed by atoms with E-state index in [1.54, 1.807) is 12.1 Å². The first-order chi connectivity index (χ1) is 9.94. The predicted octanol–water partition coefficient (Wildman–Crippen LogP) is 1.46. The molecule has 0 unspecified atom stereocenters. The van der Waals surface area contributed by atoms with E-state index < -0.39 is 21.4 Å². The van der Waals surface area contributed by atoms with Crippen molar-refractivity contribution >= 4 is 32.5 Å². The summed E-state index contributed by atoms with van der Waals surface area (Å²) in [5.74, 6) is -0.869. The lowest BCUT2D eigenvalue weighted by atomic mass is 9.96. The van der Waals surface area contributed by atoms with Gasteiger partial charge >= 0.3 is 5.97 Å². The number of sulfonamides is 1. The number of hydrogen-bond acceptors (Lipinski definition) is 6. The highest BCUT2D eigenvalue weighted by Crippen LogP contribution is 2.48. The van der Waals surface area contributed by atoms with Gasteiger partial charge in [0.1, 0.15) is 5.00 Å². The van der Waals surface area contributed by atoms with Crippen molar-refractivity contribution in [2.24, 2.45) is 0 Å². The lowest BCUT2D eigenvalue weighted by Crippen LogP contribution is -2.19. The second-order valence-electron chi connectivity index (χ2n) is 4.80. The van der Waals surface area contributed by atoms with Gasteiger partial charge in [0.15, 0.2) is 0 Å². The summed E-state index contributed by atoms with van der Waals surface area (Å²) in [4.78, 5) is 11.3. The van der Waals surface area contributed by atoms with Gasteiger partial charge in [-0.05, 0) is 30.5 Å². The van der Waals surface area contributed by atoms with Crippen molar-refractivity contribution in [3.8, 4) is 0 Å². The average molecular weight is 325 g/mol. The second-order valence-corrected chi connectivity index (χ2v) is 7.27. The Bertz CT molecular complexity index is 765. The topological polar surface area (TPSA) is 109 Å². The summed E-state index contributed by atoms with van der Waals surface area (Å²) < 4.78 is 30.2. The van der Waals surface area contributed by atoms with Crippen molar-refractivity contribution in [1.29, 1.82) is 0 Å². The second kappa shape index (κ2) is 4.78. The van der Waals surface area contributed by atoms with E-state index in [2.05, 4.69) is 14.3 Å². The highest BCUT2D eigenvalue weighted by Gasteiger charge is 2.51. The molecule has 1 aromatic heterocycles. The number of aliphatic carboxylic acids is 1. The standard InChI is InChI=1S/C12H11N3O4S2/c16-11(17)12(5-6-12)8-1-3-9(4-2-8)21(18,19)14-10-7-13-15-20-10/h1-4,7,14H,5-6H2,(H,16,17). The van der Waals surface area contributed by atoms with Crippen molar-refractivity contribution < 1.29 is 18.3 Å².